The first-order chi connectivity index (χ1) is 9.70. The lowest BCUT2D eigenvalue weighted by Crippen LogP contribution is -2.32. The van der Waals surface area contributed by atoms with E-state index in [1.165, 1.54) is 0 Å². The van der Waals surface area contributed by atoms with E-state index in [0.717, 1.165) is 28.6 Å². The number of carbonyl (C=O) groups excluding carboxylic acids is 1. The molecular formula is C15H15IN2O2. The third-order valence-electron chi connectivity index (χ3n) is 3.08. The normalized spacial score (nSPS) is 18.6. The number of hydrogen-bond donors (Lipinski definition) is 1. The Morgan fingerprint density at radius 3 is 3.00 bits per heavy atom. The summed E-state index contributed by atoms with van der Waals surface area (Å²) in [7, 11) is 0. The van der Waals surface area contributed by atoms with Crippen LogP contribution in [0, 0.1) is 14.9 Å². The molecule has 0 aliphatic carbocycles. The van der Waals surface area contributed by atoms with Crippen molar-refractivity contribution in [1.29, 1.82) is 5.26 Å². The molecule has 1 aromatic rings. The summed E-state index contributed by atoms with van der Waals surface area (Å²) in [6, 6.07) is 9.58. The Balaban J connectivity index is 2.02. The van der Waals surface area contributed by atoms with Crippen molar-refractivity contribution >= 4 is 34.6 Å². The van der Waals surface area contributed by atoms with Gasteiger partial charge in [0.05, 0.1) is 6.10 Å². The maximum absolute atomic E-state index is 12.0. The molecule has 0 bridgehead atoms. The number of rotatable bonds is 4. The summed E-state index contributed by atoms with van der Waals surface area (Å²) in [5.74, 6) is -0.345. The van der Waals surface area contributed by atoms with E-state index in [0.29, 0.717) is 6.54 Å². The Hall–Kier alpha value is -1.39. The monoisotopic (exact) mass is 382 g/mol. The Bertz CT molecular complexity index is 557. The summed E-state index contributed by atoms with van der Waals surface area (Å²) in [6.07, 6.45) is 3.69. The average molecular weight is 382 g/mol. The van der Waals surface area contributed by atoms with Gasteiger partial charge in [0.2, 0.25) is 0 Å². The molecule has 1 atom stereocenters. The highest BCUT2D eigenvalue weighted by Gasteiger charge is 2.17. The molecule has 0 spiro atoms. The fraction of sp³-hybridized carbons (Fsp3) is 0.333. The molecule has 0 aromatic heterocycles. The van der Waals surface area contributed by atoms with E-state index >= 15 is 0 Å². The molecule has 4 nitrogen and oxygen atoms in total. The van der Waals surface area contributed by atoms with Crippen molar-refractivity contribution in [2.75, 3.05) is 13.2 Å². The van der Waals surface area contributed by atoms with Crippen LogP contribution in [0.4, 0.5) is 0 Å². The molecule has 1 aromatic carbocycles. The lowest BCUT2D eigenvalue weighted by Gasteiger charge is -2.10. The number of nitriles is 1. The summed E-state index contributed by atoms with van der Waals surface area (Å²) >= 11 is 2.18. The first kappa shape index (κ1) is 15.0. The molecule has 104 valence electrons. The van der Waals surface area contributed by atoms with Crippen molar-refractivity contribution in [3.63, 3.8) is 0 Å². The van der Waals surface area contributed by atoms with Crippen LogP contribution in [0.5, 0.6) is 0 Å². The van der Waals surface area contributed by atoms with Gasteiger partial charge in [0, 0.05) is 16.7 Å². The molecule has 1 amide bonds. The smallest absolute Gasteiger partial charge is 0.262 e. The van der Waals surface area contributed by atoms with E-state index in [-0.39, 0.29) is 17.6 Å². The third-order valence-corrected chi connectivity index (χ3v) is 4.07. The standard InChI is InChI=1S/C15H15IN2O2/c16-14-6-2-1-4-11(14)8-12(9-17)15(19)18-10-13-5-3-7-20-13/h1-2,4,6,8,13H,3,5,7,10H2,(H,18,19)/b12-8-. The van der Waals surface area contributed by atoms with Gasteiger partial charge in [-0.2, -0.15) is 5.26 Å². The predicted molar refractivity (Wildman–Crippen MR) is 84.7 cm³/mol. The average Bonchev–Trinajstić information content (AvgIpc) is 2.97. The summed E-state index contributed by atoms with van der Waals surface area (Å²) in [5, 5.41) is 11.9. The molecule has 1 saturated heterocycles. The SMILES string of the molecule is N#C/C(=C/c1ccccc1I)C(=O)NCC1CCCO1. The first-order valence-electron chi connectivity index (χ1n) is 6.47. The molecule has 1 unspecified atom stereocenters. The van der Waals surface area contributed by atoms with Crippen molar-refractivity contribution in [3.05, 3.63) is 39.0 Å². The first-order valence-corrected chi connectivity index (χ1v) is 7.54. The summed E-state index contributed by atoms with van der Waals surface area (Å²) < 4.78 is 6.44. The number of carbonyl (C=O) groups is 1. The molecule has 1 heterocycles. The highest BCUT2D eigenvalue weighted by Crippen LogP contribution is 2.15. The predicted octanol–water partition coefficient (Wildman–Crippen LogP) is 2.49. The van der Waals surface area contributed by atoms with Gasteiger partial charge >= 0.3 is 0 Å². The zero-order valence-corrected chi connectivity index (χ0v) is 13.1. The minimum Gasteiger partial charge on any atom is -0.376 e. The van der Waals surface area contributed by atoms with Gasteiger partial charge in [-0.05, 0) is 53.1 Å². The number of benzene rings is 1. The largest absolute Gasteiger partial charge is 0.376 e. The van der Waals surface area contributed by atoms with E-state index in [2.05, 4.69) is 27.9 Å². The van der Waals surface area contributed by atoms with Gasteiger partial charge in [0.15, 0.2) is 0 Å². The second-order valence-corrected chi connectivity index (χ2v) is 5.70. The van der Waals surface area contributed by atoms with Crippen molar-refractivity contribution in [2.24, 2.45) is 0 Å². The van der Waals surface area contributed by atoms with Gasteiger partial charge < -0.3 is 10.1 Å². The summed E-state index contributed by atoms with van der Waals surface area (Å²) in [6.45, 7) is 1.22. The lowest BCUT2D eigenvalue weighted by atomic mass is 10.1. The van der Waals surface area contributed by atoms with Crippen LogP contribution in [0.15, 0.2) is 29.8 Å². The van der Waals surface area contributed by atoms with E-state index in [4.69, 9.17) is 10.00 Å². The third kappa shape index (κ3) is 4.05. The molecule has 1 aliphatic heterocycles. The minimum absolute atomic E-state index is 0.0794. The van der Waals surface area contributed by atoms with Crippen molar-refractivity contribution in [3.8, 4) is 6.07 Å². The van der Waals surface area contributed by atoms with E-state index in [1.54, 1.807) is 6.08 Å². The van der Waals surface area contributed by atoms with Crippen molar-refractivity contribution < 1.29 is 9.53 Å². The molecule has 5 heteroatoms. The molecular weight excluding hydrogens is 367 g/mol. The lowest BCUT2D eigenvalue weighted by molar-refractivity contribution is -0.117. The van der Waals surface area contributed by atoms with Crippen LogP contribution < -0.4 is 5.32 Å². The zero-order valence-electron chi connectivity index (χ0n) is 10.9. The number of amides is 1. The molecule has 0 saturated carbocycles. The Kier molecular flexibility index (Phi) is 5.56. The Morgan fingerprint density at radius 1 is 1.55 bits per heavy atom. The quantitative estimate of drug-likeness (QED) is 0.495. The topological polar surface area (TPSA) is 62.1 Å². The number of nitrogens with one attached hydrogen (secondary N) is 1. The summed E-state index contributed by atoms with van der Waals surface area (Å²) in [4.78, 5) is 12.0. The van der Waals surface area contributed by atoms with Gasteiger partial charge in [-0.3, -0.25) is 4.79 Å². The van der Waals surface area contributed by atoms with Crippen LogP contribution in [-0.2, 0) is 9.53 Å². The van der Waals surface area contributed by atoms with Gasteiger partial charge in [0.25, 0.3) is 5.91 Å². The zero-order chi connectivity index (χ0) is 14.4. The van der Waals surface area contributed by atoms with Crippen LogP contribution in [0.3, 0.4) is 0 Å². The van der Waals surface area contributed by atoms with Crippen LogP contribution in [0.2, 0.25) is 0 Å². The van der Waals surface area contributed by atoms with Gasteiger partial charge in [0.1, 0.15) is 11.6 Å². The van der Waals surface area contributed by atoms with Crippen LogP contribution >= 0.6 is 22.6 Å². The van der Waals surface area contributed by atoms with E-state index in [9.17, 15) is 4.79 Å². The van der Waals surface area contributed by atoms with E-state index in [1.807, 2.05) is 30.3 Å². The number of halogens is 1. The highest BCUT2D eigenvalue weighted by molar-refractivity contribution is 14.1. The molecule has 1 fully saturated rings. The van der Waals surface area contributed by atoms with Crippen LogP contribution in [0.25, 0.3) is 6.08 Å². The van der Waals surface area contributed by atoms with Crippen molar-refractivity contribution in [2.45, 2.75) is 18.9 Å². The fourth-order valence-electron chi connectivity index (χ4n) is 2.00. The molecule has 2 rings (SSSR count). The number of hydrogen-bond acceptors (Lipinski definition) is 3. The number of ether oxygens (including phenoxy) is 1. The van der Waals surface area contributed by atoms with Gasteiger partial charge in [-0.15, -0.1) is 0 Å². The Morgan fingerprint density at radius 2 is 2.35 bits per heavy atom. The highest BCUT2D eigenvalue weighted by atomic mass is 127. The van der Waals surface area contributed by atoms with Crippen LogP contribution in [-0.4, -0.2) is 25.2 Å². The second-order valence-electron chi connectivity index (χ2n) is 4.54. The molecule has 1 aliphatic rings. The molecule has 1 N–H and O–H groups in total. The Labute approximate surface area is 131 Å². The fourth-order valence-corrected chi connectivity index (χ4v) is 2.55. The maximum atomic E-state index is 12.0. The van der Waals surface area contributed by atoms with Gasteiger partial charge in [-0.1, -0.05) is 18.2 Å². The maximum Gasteiger partial charge on any atom is 0.262 e. The summed E-state index contributed by atoms with van der Waals surface area (Å²) in [5.41, 5.74) is 0.990. The molecule has 0 radical (unpaired) electrons. The van der Waals surface area contributed by atoms with E-state index < -0.39 is 0 Å². The second kappa shape index (κ2) is 7.41. The van der Waals surface area contributed by atoms with Crippen LogP contribution in [0.1, 0.15) is 18.4 Å². The molecule has 20 heavy (non-hydrogen) atoms. The van der Waals surface area contributed by atoms with Crippen molar-refractivity contribution in [1.82, 2.24) is 5.32 Å². The minimum atomic E-state index is -0.345. The van der Waals surface area contributed by atoms with Gasteiger partial charge in [-0.25, -0.2) is 0 Å². The number of nitrogens with zero attached hydrogens (tertiary/aromatic N) is 1.